The fraction of sp³-hybridized carbons (Fsp3) is 0.474. The Morgan fingerprint density at radius 2 is 1.90 bits per heavy atom. The number of rotatable bonds is 3. The van der Waals surface area contributed by atoms with E-state index in [0.717, 1.165) is 32.4 Å². The quantitative estimate of drug-likeness (QED) is 0.506. The molecule has 0 N–H and O–H groups in total. The molecule has 166 valence electrons. The van der Waals surface area contributed by atoms with Crippen molar-refractivity contribution in [3.05, 3.63) is 27.8 Å². The fourth-order valence-electron chi connectivity index (χ4n) is 3.35. The van der Waals surface area contributed by atoms with Crippen LogP contribution in [0.4, 0.5) is 19.3 Å². The number of benzene rings is 1. The summed E-state index contributed by atoms with van der Waals surface area (Å²) in [5, 5.41) is 12.6. The first-order valence-electron chi connectivity index (χ1n) is 9.64. The summed E-state index contributed by atoms with van der Waals surface area (Å²) in [7, 11) is 0. The van der Waals surface area contributed by atoms with Gasteiger partial charge in [0.2, 0.25) is 5.13 Å². The zero-order valence-corrected chi connectivity index (χ0v) is 19.6. The molecule has 1 saturated heterocycles. The minimum Gasteiger partial charge on any atom is -0.444 e. The monoisotopic (exact) mass is 514 g/mol. The molecule has 1 aromatic carbocycles. The summed E-state index contributed by atoms with van der Waals surface area (Å²) in [5.74, 6) is 0. The van der Waals surface area contributed by atoms with E-state index in [4.69, 9.17) is 4.74 Å². The van der Waals surface area contributed by atoms with E-state index in [1.54, 1.807) is 11.1 Å². The number of halogens is 3. The maximum Gasteiger partial charge on any atom is 0.410 e. The van der Waals surface area contributed by atoms with E-state index in [2.05, 4.69) is 36.1 Å². The molecule has 0 aliphatic carbocycles. The zero-order valence-electron chi connectivity index (χ0n) is 17.2. The molecule has 0 bridgehead atoms. The van der Waals surface area contributed by atoms with E-state index >= 15 is 0 Å². The molecule has 0 radical (unpaired) electrons. The summed E-state index contributed by atoms with van der Waals surface area (Å²) in [6.07, 6.45) is -1.29. The van der Waals surface area contributed by atoms with Crippen molar-refractivity contribution in [1.29, 1.82) is 0 Å². The van der Waals surface area contributed by atoms with Gasteiger partial charge in [-0.1, -0.05) is 27.3 Å². The second-order valence-electron chi connectivity index (χ2n) is 8.09. The zero-order chi connectivity index (χ0) is 22.3. The van der Waals surface area contributed by atoms with Gasteiger partial charge in [0.25, 0.3) is 6.43 Å². The van der Waals surface area contributed by atoms with Crippen molar-refractivity contribution >= 4 is 50.0 Å². The van der Waals surface area contributed by atoms with E-state index in [-0.39, 0.29) is 16.2 Å². The minimum absolute atomic E-state index is 0.282. The number of carbonyl (C=O) groups excluding carboxylic acids is 1. The smallest absolute Gasteiger partial charge is 0.410 e. The average Bonchev–Trinajstić information content (AvgIpc) is 3.33. The number of amides is 1. The maximum absolute atomic E-state index is 12.9. The topological polar surface area (TPSA) is 76.4 Å². The van der Waals surface area contributed by atoms with Crippen molar-refractivity contribution in [2.45, 2.75) is 32.8 Å². The molecule has 0 atom stereocenters. The third-order valence-corrected chi connectivity index (χ3v) is 6.07. The molecular formula is C19H21BrF2N6O2S. The number of fused-ring (bicyclic) bond motifs is 1. The standard InChI is InChI=1S/C19H21BrF2N6O2S/c1-19(2,3)30-18(29)27-6-4-26(5-7-27)13-8-11(20)9-14-12(13)10-23-28(14)17-25-24-16(31-17)15(21)22/h8-10,15H,4-7H2,1-3H3. The highest BCUT2D eigenvalue weighted by Gasteiger charge is 2.27. The predicted molar refractivity (Wildman–Crippen MR) is 117 cm³/mol. The Bertz CT molecular complexity index is 1100. The molecule has 0 saturated carbocycles. The van der Waals surface area contributed by atoms with Gasteiger partial charge in [0.05, 0.1) is 11.7 Å². The van der Waals surface area contributed by atoms with Crippen LogP contribution < -0.4 is 4.90 Å². The summed E-state index contributed by atoms with van der Waals surface area (Å²) < 4.78 is 33.6. The fourth-order valence-corrected chi connectivity index (χ4v) is 4.45. The number of ether oxygens (including phenoxy) is 1. The summed E-state index contributed by atoms with van der Waals surface area (Å²) in [4.78, 5) is 16.2. The molecule has 12 heteroatoms. The molecule has 1 aliphatic rings. The lowest BCUT2D eigenvalue weighted by Gasteiger charge is -2.37. The summed E-state index contributed by atoms with van der Waals surface area (Å²) in [5.41, 5.74) is 1.14. The van der Waals surface area contributed by atoms with Crippen LogP contribution in [-0.4, -0.2) is 62.8 Å². The number of nitrogens with zero attached hydrogens (tertiary/aromatic N) is 6. The Morgan fingerprint density at radius 1 is 1.19 bits per heavy atom. The highest BCUT2D eigenvalue weighted by Crippen LogP contribution is 2.34. The third kappa shape index (κ3) is 4.64. The van der Waals surface area contributed by atoms with Crippen LogP contribution in [0.25, 0.3) is 16.0 Å². The van der Waals surface area contributed by atoms with Crippen molar-refractivity contribution in [1.82, 2.24) is 24.9 Å². The van der Waals surface area contributed by atoms with E-state index in [1.165, 1.54) is 4.68 Å². The average molecular weight is 515 g/mol. The number of aromatic nitrogens is 4. The molecule has 31 heavy (non-hydrogen) atoms. The van der Waals surface area contributed by atoms with E-state index in [1.807, 2.05) is 32.9 Å². The van der Waals surface area contributed by atoms with E-state index < -0.39 is 12.0 Å². The molecule has 8 nitrogen and oxygen atoms in total. The Hall–Kier alpha value is -2.34. The minimum atomic E-state index is -2.67. The molecule has 1 aliphatic heterocycles. The van der Waals surface area contributed by atoms with Gasteiger partial charge in [0.1, 0.15) is 5.60 Å². The third-order valence-electron chi connectivity index (χ3n) is 4.70. The van der Waals surface area contributed by atoms with Gasteiger partial charge in [-0.2, -0.15) is 5.10 Å². The number of carbonyl (C=O) groups is 1. The van der Waals surface area contributed by atoms with Crippen molar-refractivity contribution in [2.75, 3.05) is 31.1 Å². The Kier molecular flexibility index (Phi) is 5.86. The molecule has 2 aromatic heterocycles. The van der Waals surface area contributed by atoms with E-state index in [0.29, 0.717) is 26.2 Å². The second kappa shape index (κ2) is 8.30. The highest BCUT2D eigenvalue weighted by molar-refractivity contribution is 9.10. The molecule has 3 aromatic rings. The Balaban J connectivity index is 1.58. The maximum atomic E-state index is 12.9. The lowest BCUT2D eigenvalue weighted by atomic mass is 10.2. The van der Waals surface area contributed by atoms with Gasteiger partial charge in [-0.15, -0.1) is 10.2 Å². The predicted octanol–water partition coefficient (Wildman–Crippen LogP) is 4.63. The first kappa shape index (κ1) is 21.9. The van der Waals surface area contributed by atoms with Crippen molar-refractivity contribution in [3.8, 4) is 5.13 Å². The largest absolute Gasteiger partial charge is 0.444 e. The van der Waals surface area contributed by atoms with Gasteiger partial charge in [-0.3, -0.25) is 0 Å². The van der Waals surface area contributed by atoms with Gasteiger partial charge in [-0.25, -0.2) is 18.3 Å². The van der Waals surface area contributed by atoms with Crippen LogP contribution >= 0.6 is 27.3 Å². The highest BCUT2D eigenvalue weighted by atomic mass is 79.9. The molecular weight excluding hydrogens is 494 g/mol. The van der Waals surface area contributed by atoms with Crippen LogP contribution in [0.1, 0.15) is 32.2 Å². The van der Waals surface area contributed by atoms with Crippen LogP contribution in [0, 0.1) is 0 Å². The molecule has 0 spiro atoms. The Morgan fingerprint density at radius 3 is 2.52 bits per heavy atom. The van der Waals surface area contributed by atoms with Gasteiger partial charge < -0.3 is 14.5 Å². The first-order chi connectivity index (χ1) is 14.6. The second-order valence-corrected chi connectivity index (χ2v) is 10.00. The molecule has 0 unspecified atom stereocenters. The van der Waals surface area contributed by atoms with Gasteiger partial charge in [0, 0.05) is 41.7 Å². The van der Waals surface area contributed by atoms with Gasteiger partial charge in [-0.05, 0) is 32.9 Å². The van der Waals surface area contributed by atoms with Crippen molar-refractivity contribution in [2.24, 2.45) is 0 Å². The molecule has 1 amide bonds. The normalized spacial score (nSPS) is 15.2. The van der Waals surface area contributed by atoms with E-state index in [9.17, 15) is 13.6 Å². The number of hydrogen-bond donors (Lipinski definition) is 0. The lowest BCUT2D eigenvalue weighted by molar-refractivity contribution is 0.0240. The number of hydrogen-bond acceptors (Lipinski definition) is 7. The van der Waals surface area contributed by atoms with Crippen LogP contribution in [0.15, 0.2) is 22.8 Å². The Labute approximate surface area is 189 Å². The summed E-state index contributed by atoms with van der Waals surface area (Å²) >= 11 is 4.34. The molecule has 4 rings (SSSR count). The van der Waals surface area contributed by atoms with Crippen LogP contribution in [0.3, 0.4) is 0 Å². The number of anilines is 1. The van der Waals surface area contributed by atoms with Crippen LogP contribution in [0.2, 0.25) is 0 Å². The summed E-state index contributed by atoms with van der Waals surface area (Å²) in [6.45, 7) is 7.86. The first-order valence-corrected chi connectivity index (χ1v) is 11.3. The number of alkyl halides is 2. The number of piperazine rings is 1. The van der Waals surface area contributed by atoms with Crippen molar-refractivity contribution in [3.63, 3.8) is 0 Å². The SMILES string of the molecule is CC(C)(C)OC(=O)N1CCN(c2cc(Br)cc3c2cnn3-c2nnc(C(F)F)s2)CC1. The molecule has 1 fully saturated rings. The van der Waals surface area contributed by atoms with Crippen LogP contribution in [-0.2, 0) is 4.74 Å². The summed E-state index contributed by atoms with van der Waals surface area (Å²) in [6, 6.07) is 3.86. The van der Waals surface area contributed by atoms with Crippen LogP contribution in [0.5, 0.6) is 0 Å². The van der Waals surface area contributed by atoms with Gasteiger partial charge >= 0.3 is 6.09 Å². The van der Waals surface area contributed by atoms with Crippen molar-refractivity contribution < 1.29 is 18.3 Å². The molecule has 3 heterocycles. The van der Waals surface area contributed by atoms with Gasteiger partial charge in [0.15, 0.2) is 5.01 Å². The lowest BCUT2D eigenvalue weighted by Crippen LogP contribution is -2.50.